The van der Waals surface area contributed by atoms with Gasteiger partial charge in [0.25, 0.3) is 0 Å². The van der Waals surface area contributed by atoms with Gasteiger partial charge in [-0.3, -0.25) is 4.79 Å². The number of hydrogen-bond donors (Lipinski definition) is 2. The van der Waals surface area contributed by atoms with E-state index in [9.17, 15) is 9.59 Å². The van der Waals surface area contributed by atoms with E-state index in [1.165, 1.54) is 11.3 Å². The van der Waals surface area contributed by atoms with Crippen molar-refractivity contribution in [3.8, 4) is 0 Å². The number of halogens is 1. The highest BCUT2D eigenvalue weighted by Gasteiger charge is 2.24. The summed E-state index contributed by atoms with van der Waals surface area (Å²) in [5, 5.41) is 9.46. The van der Waals surface area contributed by atoms with Crippen LogP contribution in [0.25, 0.3) is 0 Å². The lowest BCUT2D eigenvalue weighted by Crippen LogP contribution is -2.47. The number of carbonyl (C=O) groups excluding carboxylic acids is 2. The molecule has 1 aromatic heterocycles. The zero-order chi connectivity index (χ0) is 19.9. The molecule has 1 saturated heterocycles. The van der Waals surface area contributed by atoms with Crippen LogP contribution >= 0.6 is 22.9 Å². The lowest BCUT2D eigenvalue weighted by molar-refractivity contribution is -0.121. The number of aromatic nitrogens is 1. The standard InChI is InChI=1S/C19H23ClN4O3S/c1-2-27-19(26)24-8-6-14(7-9-24)21-17(25)11-16-12-28-18(23-16)22-15-5-3-4-13(20)10-15/h3-5,10,12,14H,2,6-9,11H2,1H3,(H,21,25)(H,22,23). The highest BCUT2D eigenvalue weighted by molar-refractivity contribution is 7.13. The summed E-state index contributed by atoms with van der Waals surface area (Å²) in [6, 6.07) is 7.46. The molecule has 0 saturated carbocycles. The Morgan fingerprint density at radius 2 is 2.14 bits per heavy atom. The number of piperidine rings is 1. The molecule has 2 amide bonds. The first-order valence-corrected chi connectivity index (χ1v) is 10.5. The van der Waals surface area contributed by atoms with Gasteiger partial charge in [-0.1, -0.05) is 17.7 Å². The van der Waals surface area contributed by atoms with E-state index in [0.29, 0.717) is 29.9 Å². The topological polar surface area (TPSA) is 83.6 Å². The summed E-state index contributed by atoms with van der Waals surface area (Å²) in [7, 11) is 0. The molecule has 1 aliphatic rings. The first-order valence-electron chi connectivity index (χ1n) is 9.21. The third-order valence-electron chi connectivity index (χ3n) is 4.36. The van der Waals surface area contributed by atoms with E-state index in [2.05, 4.69) is 15.6 Å². The number of likely N-dealkylation sites (tertiary alicyclic amines) is 1. The fourth-order valence-corrected chi connectivity index (χ4v) is 3.92. The monoisotopic (exact) mass is 422 g/mol. The smallest absolute Gasteiger partial charge is 0.409 e. The molecule has 1 aliphatic heterocycles. The summed E-state index contributed by atoms with van der Waals surface area (Å²) in [5.41, 5.74) is 1.57. The van der Waals surface area contributed by atoms with Gasteiger partial charge in [0, 0.05) is 35.2 Å². The molecule has 150 valence electrons. The fourth-order valence-electron chi connectivity index (χ4n) is 3.00. The minimum absolute atomic E-state index is 0.0609. The van der Waals surface area contributed by atoms with Crippen molar-refractivity contribution in [1.82, 2.24) is 15.2 Å². The van der Waals surface area contributed by atoms with Crippen molar-refractivity contribution in [3.05, 3.63) is 40.4 Å². The number of carbonyl (C=O) groups is 2. The highest BCUT2D eigenvalue weighted by Crippen LogP contribution is 2.23. The van der Waals surface area contributed by atoms with Gasteiger partial charge in [0.2, 0.25) is 5.91 Å². The molecular weight excluding hydrogens is 400 g/mol. The van der Waals surface area contributed by atoms with Crippen LogP contribution in [-0.4, -0.2) is 47.6 Å². The van der Waals surface area contributed by atoms with Gasteiger partial charge in [-0.05, 0) is 38.0 Å². The molecule has 0 aliphatic carbocycles. The molecule has 0 radical (unpaired) electrons. The quantitative estimate of drug-likeness (QED) is 0.739. The number of ether oxygens (including phenoxy) is 1. The Morgan fingerprint density at radius 1 is 1.36 bits per heavy atom. The van der Waals surface area contributed by atoms with Crippen molar-refractivity contribution >= 4 is 45.8 Å². The zero-order valence-corrected chi connectivity index (χ0v) is 17.2. The Bertz CT molecular complexity index is 821. The number of benzene rings is 1. The van der Waals surface area contributed by atoms with Crippen LogP contribution in [0.2, 0.25) is 5.02 Å². The van der Waals surface area contributed by atoms with Crippen LogP contribution < -0.4 is 10.6 Å². The van der Waals surface area contributed by atoms with Gasteiger partial charge >= 0.3 is 6.09 Å². The van der Waals surface area contributed by atoms with Crippen molar-refractivity contribution in [3.63, 3.8) is 0 Å². The van der Waals surface area contributed by atoms with Gasteiger partial charge in [0.1, 0.15) is 0 Å². The Kier molecular flexibility index (Phi) is 7.11. The Balaban J connectivity index is 1.44. The van der Waals surface area contributed by atoms with E-state index < -0.39 is 0 Å². The highest BCUT2D eigenvalue weighted by atomic mass is 35.5. The van der Waals surface area contributed by atoms with Crippen molar-refractivity contribution in [2.45, 2.75) is 32.2 Å². The molecule has 2 aromatic rings. The lowest BCUT2D eigenvalue weighted by atomic mass is 10.1. The van der Waals surface area contributed by atoms with Crippen LogP contribution in [-0.2, 0) is 16.0 Å². The summed E-state index contributed by atoms with van der Waals surface area (Å²) in [6.45, 7) is 3.35. The first kappa shape index (κ1) is 20.4. The van der Waals surface area contributed by atoms with Crippen molar-refractivity contribution in [2.24, 2.45) is 0 Å². The van der Waals surface area contributed by atoms with Crippen LogP contribution in [0, 0.1) is 0 Å². The maximum Gasteiger partial charge on any atom is 0.409 e. The van der Waals surface area contributed by atoms with Crippen LogP contribution in [0.4, 0.5) is 15.6 Å². The normalized spacial score (nSPS) is 14.6. The number of nitrogens with one attached hydrogen (secondary N) is 2. The molecule has 1 aromatic carbocycles. The minimum atomic E-state index is -0.283. The van der Waals surface area contributed by atoms with Crippen molar-refractivity contribution < 1.29 is 14.3 Å². The number of amides is 2. The van der Waals surface area contributed by atoms with Gasteiger partial charge in [-0.25, -0.2) is 9.78 Å². The summed E-state index contributed by atoms with van der Waals surface area (Å²) >= 11 is 7.42. The summed E-state index contributed by atoms with van der Waals surface area (Å²) in [4.78, 5) is 30.2. The zero-order valence-electron chi connectivity index (χ0n) is 15.6. The molecule has 2 N–H and O–H groups in total. The van der Waals surface area contributed by atoms with Crippen molar-refractivity contribution in [1.29, 1.82) is 0 Å². The second kappa shape index (κ2) is 9.75. The van der Waals surface area contributed by atoms with Gasteiger partial charge in [-0.15, -0.1) is 11.3 Å². The number of hydrogen-bond acceptors (Lipinski definition) is 6. The van der Waals surface area contributed by atoms with Gasteiger partial charge in [0.05, 0.1) is 18.7 Å². The largest absolute Gasteiger partial charge is 0.450 e. The third-order valence-corrected chi connectivity index (χ3v) is 5.40. The molecule has 0 bridgehead atoms. The second-order valence-corrected chi connectivity index (χ2v) is 7.78. The molecule has 0 spiro atoms. The molecule has 9 heteroatoms. The van der Waals surface area contributed by atoms with Gasteiger partial charge in [0.15, 0.2) is 5.13 Å². The summed E-state index contributed by atoms with van der Waals surface area (Å²) in [5.74, 6) is -0.0609. The van der Waals surface area contributed by atoms with E-state index >= 15 is 0 Å². The van der Waals surface area contributed by atoms with E-state index in [1.54, 1.807) is 11.8 Å². The molecule has 7 nitrogen and oxygen atoms in total. The maximum atomic E-state index is 12.3. The number of thiazole rings is 1. The third kappa shape index (κ3) is 5.84. The number of nitrogens with zero attached hydrogens (tertiary/aromatic N) is 2. The molecule has 3 rings (SSSR count). The average Bonchev–Trinajstić information content (AvgIpc) is 3.09. The summed E-state index contributed by atoms with van der Waals surface area (Å²) < 4.78 is 5.01. The lowest BCUT2D eigenvalue weighted by Gasteiger charge is -2.31. The van der Waals surface area contributed by atoms with E-state index in [-0.39, 0.29) is 24.5 Å². The molecule has 0 atom stereocenters. The predicted molar refractivity (Wildman–Crippen MR) is 110 cm³/mol. The van der Waals surface area contributed by atoms with Gasteiger partial charge < -0.3 is 20.3 Å². The number of rotatable bonds is 6. The average molecular weight is 423 g/mol. The fraction of sp³-hybridized carbons (Fsp3) is 0.421. The molecular formula is C19H23ClN4O3S. The second-order valence-electron chi connectivity index (χ2n) is 6.48. The molecule has 0 unspecified atom stereocenters. The number of anilines is 2. The van der Waals surface area contributed by atoms with Crippen LogP contribution in [0.1, 0.15) is 25.5 Å². The van der Waals surface area contributed by atoms with Crippen LogP contribution in [0.3, 0.4) is 0 Å². The first-order chi connectivity index (χ1) is 13.5. The van der Waals surface area contributed by atoms with Crippen molar-refractivity contribution in [2.75, 3.05) is 25.0 Å². The maximum absolute atomic E-state index is 12.3. The predicted octanol–water partition coefficient (Wildman–Crippen LogP) is 3.82. The Hall–Kier alpha value is -2.32. The molecule has 2 heterocycles. The molecule has 1 fully saturated rings. The SMILES string of the molecule is CCOC(=O)N1CCC(NC(=O)Cc2csc(Nc3cccc(Cl)c3)n2)CC1. The summed E-state index contributed by atoms with van der Waals surface area (Å²) in [6.07, 6.45) is 1.40. The minimum Gasteiger partial charge on any atom is -0.450 e. The van der Waals surface area contributed by atoms with Crippen LogP contribution in [0.15, 0.2) is 29.6 Å². The van der Waals surface area contributed by atoms with E-state index in [4.69, 9.17) is 16.3 Å². The van der Waals surface area contributed by atoms with E-state index in [1.807, 2.05) is 29.6 Å². The Morgan fingerprint density at radius 3 is 2.86 bits per heavy atom. The van der Waals surface area contributed by atoms with Crippen LogP contribution in [0.5, 0.6) is 0 Å². The van der Waals surface area contributed by atoms with Gasteiger partial charge in [-0.2, -0.15) is 0 Å². The molecule has 28 heavy (non-hydrogen) atoms. The van der Waals surface area contributed by atoms with E-state index in [0.717, 1.165) is 24.2 Å². The Labute approximate surface area is 173 Å².